The van der Waals surface area contributed by atoms with Crippen LogP contribution in [0, 0.1) is 0 Å². The zero-order valence-electron chi connectivity index (χ0n) is 27.1. The summed E-state index contributed by atoms with van der Waals surface area (Å²) in [6.07, 6.45) is 5.09. The average Bonchev–Trinajstić information content (AvgIpc) is 3.11. The van der Waals surface area contributed by atoms with Crippen LogP contribution in [0.25, 0.3) is 0 Å². The van der Waals surface area contributed by atoms with E-state index in [-0.39, 0.29) is 22.5 Å². The molecule has 4 heterocycles. The minimum absolute atomic E-state index is 0.277. The normalized spacial score (nSPS) is 13.8. The highest BCUT2D eigenvalue weighted by molar-refractivity contribution is 6.03. The van der Waals surface area contributed by atoms with Crippen LogP contribution in [0.4, 0.5) is 11.6 Å². The third-order valence-corrected chi connectivity index (χ3v) is 8.86. The molecule has 0 saturated carbocycles. The lowest BCUT2D eigenvalue weighted by Crippen LogP contribution is -2.39. The lowest BCUT2D eigenvalue weighted by Gasteiger charge is -2.18. The van der Waals surface area contributed by atoms with E-state index in [2.05, 4.69) is 9.98 Å². The summed E-state index contributed by atoms with van der Waals surface area (Å²) in [5, 5.41) is 0. The minimum atomic E-state index is -0.381. The molecule has 0 aliphatic carbocycles. The van der Waals surface area contributed by atoms with Gasteiger partial charge >= 0.3 is 11.4 Å². The average molecular weight is 639 g/mol. The van der Waals surface area contributed by atoms with E-state index >= 15 is 0 Å². The van der Waals surface area contributed by atoms with Crippen molar-refractivity contribution in [2.24, 2.45) is 38.2 Å². The molecule has 12 heteroatoms. The van der Waals surface area contributed by atoms with Gasteiger partial charge in [0.2, 0.25) is 0 Å². The molecule has 2 aliphatic rings. The van der Waals surface area contributed by atoms with E-state index in [1.807, 2.05) is 48.5 Å². The van der Waals surface area contributed by atoms with E-state index in [4.69, 9.17) is 9.47 Å². The van der Waals surface area contributed by atoms with Crippen molar-refractivity contribution in [1.82, 2.24) is 18.3 Å². The van der Waals surface area contributed by atoms with Crippen LogP contribution in [0.15, 0.2) is 77.7 Å². The standard InChI is InChI=1S/C35H38N6O6/c1-38-30-26(32(42)40(3)34(38)44)16-18-28(36-30)22-8-12-24(13-9-22)46-20-6-5-7-21-47-25-14-10-23(11-15-25)29-19-17-27-31(37-29)39(2)35(45)41(4)33(27)43/h8-15H,5-7,16-21H2,1-4H3. The Hall–Kier alpha value is -5.26. The molecular weight excluding hydrogens is 600 g/mol. The van der Waals surface area contributed by atoms with E-state index in [9.17, 15) is 19.2 Å². The molecule has 2 aromatic heterocycles. The van der Waals surface area contributed by atoms with Gasteiger partial charge in [-0.25, -0.2) is 19.6 Å². The summed E-state index contributed by atoms with van der Waals surface area (Å²) in [5.74, 6) is 2.43. The molecule has 0 fully saturated rings. The molecule has 4 aromatic rings. The van der Waals surface area contributed by atoms with Crippen molar-refractivity contribution in [1.29, 1.82) is 0 Å². The van der Waals surface area contributed by atoms with Gasteiger partial charge in [-0.1, -0.05) is 0 Å². The summed E-state index contributed by atoms with van der Waals surface area (Å²) in [6.45, 7) is 1.19. The maximum absolute atomic E-state index is 12.5. The number of ether oxygens (including phenoxy) is 2. The summed E-state index contributed by atoms with van der Waals surface area (Å²) in [6, 6.07) is 15.5. The molecule has 2 aliphatic heterocycles. The smallest absolute Gasteiger partial charge is 0.332 e. The van der Waals surface area contributed by atoms with Gasteiger partial charge in [-0.2, -0.15) is 0 Å². The molecule has 12 nitrogen and oxygen atoms in total. The Labute approximate surface area is 270 Å². The maximum atomic E-state index is 12.5. The number of hydrogen-bond donors (Lipinski definition) is 0. The highest BCUT2D eigenvalue weighted by atomic mass is 16.5. The fourth-order valence-electron chi connectivity index (χ4n) is 6.05. The fourth-order valence-corrected chi connectivity index (χ4v) is 6.05. The fraction of sp³-hybridized carbons (Fsp3) is 0.371. The monoisotopic (exact) mass is 638 g/mol. The first kappa shape index (κ1) is 31.7. The summed E-state index contributed by atoms with van der Waals surface area (Å²) < 4.78 is 17.0. The van der Waals surface area contributed by atoms with Crippen LogP contribution in [-0.2, 0) is 41.0 Å². The van der Waals surface area contributed by atoms with Crippen molar-refractivity contribution < 1.29 is 9.47 Å². The van der Waals surface area contributed by atoms with Gasteiger partial charge in [0.05, 0.1) is 35.8 Å². The molecular formula is C35H38N6O6. The summed E-state index contributed by atoms with van der Waals surface area (Å²) >= 11 is 0. The van der Waals surface area contributed by atoms with Crippen LogP contribution in [0.5, 0.6) is 11.5 Å². The molecule has 244 valence electrons. The quantitative estimate of drug-likeness (QED) is 0.245. The van der Waals surface area contributed by atoms with E-state index in [0.717, 1.165) is 62.4 Å². The van der Waals surface area contributed by atoms with Crippen molar-refractivity contribution in [3.63, 3.8) is 0 Å². The van der Waals surface area contributed by atoms with E-state index in [0.29, 0.717) is 61.7 Å². The zero-order valence-corrected chi connectivity index (χ0v) is 27.1. The second-order valence-electron chi connectivity index (χ2n) is 11.9. The molecule has 47 heavy (non-hydrogen) atoms. The zero-order chi connectivity index (χ0) is 33.2. The van der Waals surface area contributed by atoms with Gasteiger partial charge in [-0.15, -0.1) is 0 Å². The van der Waals surface area contributed by atoms with E-state index < -0.39 is 0 Å². The van der Waals surface area contributed by atoms with Crippen molar-refractivity contribution in [3.8, 4) is 11.5 Å². The number of rotatable bonds is 10. The second-order valence-corrected chi connectivity index (χ2v) is 11.9. The van der Waals surface area contributed by atoms with E-state index in [1.54, 1.807) is 14.1 Å². The SMILES string of the molecule is Cn1c2c(c(=O)n(C)c1=O)CCC(c1ccc(OCCCCCOc3ccc(C4=Nc5c(c(=O)n(C)c(=O)n5C)CC4)cc3)cc1)=N2. The topological polar surface area (TPSA) is 131 Å². The van der Waals surface area contributed by atoms with Crippen LogP contribution in [0.2, 0.25) is 0 Å². The number of fused-ring (bicyclic) bond motifs is 2. The van der Waals surface area contributed by atoms with Crippen LogP contribution in [-0.4, -0.2) is 42.9 Å². The number of aliphatic imine (C=N–C) groups is 2. The number of hydrogen-bond acceptors (Lipinski definition) is 8. The van der Waals surface area contributed by atoms with Gasteiger partial charge in [0.1, 0.15) is 23.1 Å². The largest absolute Gasteiger partial charge is 0.494 e. The Morgan fingerprint density at radius 3 is 1.30 bits per heavy atom. The first-order valence-corrected chi connectivity index (χ1v) is 15.8. The Balaban J connectivity index is 0.946. The molecule has 0 saturated heterocycles. The molecule has 6 rings (SSSR count). The number of benzene rings is 2. The molecule has 0 unspecified atom stereocenters. The lowest BCUT2D eigenvalue weighted by atomic mass is 9.99. The van der Waals surface area contributed by atoms with Gasteiger partial charge in [-0.3, -0.25) is 27.9 Å². The van der Waals surface area contributed by atoms with Crippen LogP contribution in [0.3, 0.4) is 0 Å². The Morgan fingerprint density at radius 1 is 0.532 bits per heavy atom. The van der Waals surface area contributed by atoms with Crippen molar-refractivity contribution in [3.05, 3.63) is 112 Å². The van der Waals surface area contributed by atoms with Gasteiger partial charge in [0.15, 0.2) is 0 Å². The van der Waals surface area contributed by atoms with Gasteiger partial charge in [0, 0.05) is 28.2 Å². The van der Waals surface area contributed by atoms with E-state index in [1.165, 1.54) is 23.2 Å². The Kier molecular flexibility index (Phi) is 8.93. The Bertz CT molecular complexity index is 1980. The van der Waals surface area contributed by atoms with Gasteiger partial charge in [-0.05, 0) is 105 Å². The predicted octanol–water partition coefficient (Wildman–Crippen LogP) is 3.24. The van der Waals surface area contributed by atoms with Crippen molar-refractivity contribution in [2.45, 2.75) is 44.9 Å². The molecule has 0 bridgehead atoms. The molecule has 0 amide bonds. The molecule has 2 aromatic carbocycles. The maximum Gasteiger partial charge on any atom is 0.332 e. The molecule has 0 radical (unpaired) electrons. The molecule has 0 N–H and O–H groups in total. The first-order valence-electron chi connectivity index (χ1n) is 15.8. The van der Waals surface area contributed by atoms with Crippen molar-refractivity contribution in [2.75, 3.05) is 13.2 Å². The van der Waals surface area contributed by atoms with Gasteiger partial charge in [0.25, 0.3) is 11.1 Å². The highest BCUT2D eigenvalue weighted by Gasteiger charge is 2.22. The molecule has 0 atom stereocenters. The summed E-state index contributed by atoms with van der Waals surface area (Å²) in [5.41, 5.74) is 3.40. The van der Waals surface area contributed by atoms with Crippen molar-refractivity contribution >= 4 is 23.1 Å². The number of nitrogens with zero attached hydrogens (tertiary/aromatic N) is 6. The number of unbranched alkanes of at least 4 members (excludes halogenated alkanes) is 2. The summed E-state index contributed by atoms with van der Waals surface area (Å²) in [7, 11) is 6.26. The van der Waals surface area contributed by atoms with Crippen LogP contribution >= 0.6 is 0 Å². The lowest BCUT2D eigenvalue weighted by molar-refractivity contribution is 0.279. The van der Waals surface area contributed by atoms with Crippen LogP contribution < -0.4 is 32.0 Å². The van der Waals surface area contributed by atoms with Crippen LogP contribution in [0.1, 0.15) is 54.4 Å². The minimum Gasteiger partial charge on any atom is -0.494 e. The number of aromatic nitrogens is 4. The Morgan fingerprint density at radius 2 is 0.915 bits per heavy atom. The van der Waals surface area contributed by atoms with Gasteiger partial charge < -0.3 is 9.47 Å². The first-order chi connectivity index (χ1) is 22.6. The highest BCUT2D eigenvalue weighted by Crippen LogP contribution is 2.26. The second kappa shape index (κ2) is 13.2. The molecule has 0 spiro atoms. The predicted molar refractivity (Wildman–Crippen MR) is 181 cm³/mol. The summed E-state index contributed by atoms with van der Waals surface area (Å²) in [4.78, 5) is 59.0. The third-order valence-electron chi connectivity index (χ3n) is 8.86. The third kappa shape index (κ3) is 6.27.